The number of thiazole rings is 1. The minimum Gasteiger partial charge on any atom is -0.375 e. The smallest absolute Gasteiger partial charge is 0.180 e. The van der Waals surface area contributed by atoms with E-state index in [-0.39, 0.29) is 0 Å². The van der Waals surface area contributed by atoms with Crippen LogP contribution in [0.25, 0.3) is 0 Å². The molecule has 2 rings (SSSR count). The van der Waals surface area contributed by atoms with Gasteiger partial charge in [-0.25, -0.2) is 4.98 Å². The molecule has 1 aliphatic heterocycles. The summed E-state index contributed by atoms with van der Waals surface area (Å²) in [6, 6.07) is 0. The molecule has 1 saturated heterocycles. The Hall–Kier alpha value is -0.650. The Morgan fingerprint density at radius 1 is 1.43 bits per heavy atom. The highest BCUT2D eigenvalue weighted by Crippen LogP contribution is 2.17. The zero-order valence-corrected chi connectivity index (χ0v) is 9.26. The van der Waals surface area contributed by atoms with Gasteiger partial charge in [-0.3, -0.25) is 4.90 Å². The number of piperazine rings is 1. The zero-order chi connectivity index (χ0) is 9.97. The summed E-state index contributed by atoms with van der Waals surface area (Å²) in [6.45, 7) is 5.62. The average Bonchev–Trinajstić information content (AvgIpc) is 2.56. The minimum atomic E-state index is 0.675. The number of rotatable bonds is 2. The first-order chi connectivity index (χ1) is 6.74. The first kappa shape index (κ1) is 9.89. The van der Waals surface area contributed by atoms with Crippen molar-refractivity contribution < 1.29 is 0 Å². The molecular formula is C9H16N4S. The number of likely N-dealkylation sites (N-methyl/N-ethyl adjacent to an activating group) is 1. The Morgan fingerprint density at radius 2 is 2.14 bits per heavy atom. The summed E-state index contributed by atoms with van der Waals surface area (Å²) < 4.78 is 0. The standard InChI is InChI=1S/C9H16N4S/c1-12-2-4-13(5-3-12)7-8-6-11-9(10)14-8/h6H,2-5,7H2,1H3,(H2,10,11). The number of hydrogen-bond donors (Lipinski definition) is 1. The molecule has 0 aromatic carbocycles. The van der Waals surface area contributed by atoms with Crippen molar-refractivity contribution in [2.45, 2.75) is 6.54 Å². The summed E-state index contributed by atoms with van der Waals surface area (Å²) >= 11 is 1.59. The maximum atomic E-state index is 5.59. The van der Waals surface area contributed by atoms with Crippen LogP contribution in [0.4, 0.5) is 5.13 Å². The summed E-state index contributed by atoms with van der Waals surface area (Å²) in [5.41, 5.74) is 5.59. The van der Waals surface area contributed by atoms with Crippen molar-refractivity contribution in [3.63, 3.8) is 0 Å². The van der Waals surface area contributed by atoms with Crippen LogP contribution in [0.3, 0.4) is 0 Å². The molecule has 0 bridgehead atoms. The Bertz CT molecular complexity index is 291. The third-order valence-corrected chi connectivity index (χ3v) is 3.36. The molecule has 4 nitrogen and oxygen atoms in total. The van der Waals surface area contributed by atoms with Crippen molar-refractivity contribution in [1.82, 2.24) is 14.8 Å². The van der Waals surface area contributed by atoms with E-state index >= 15 is 0 Å². The summed E-state index contributed by atoms with van der Waals surface area (Å²) in [6.07, 6.45) is 1.89. The van der Waals surface area contributed by atoms with Crippen molar-refractivity contribution in [3.8, 4) is 0 Å². The fourth-order valence-corrected chi connectivity index (χ4v) is 2.35. The molecule has 1 fully saturated rings. The van der Waals surface area contributed by atoms with Gasteiger partial charge < -0.3 is 10.6 Å². The van der Waals surface area contributed by atoms with Crippen LogP contribution in [0.2, 0.25) is 0 Å². The lowest BCUT2D eigenvalue weighted by Crippen LogP contribution is -2.43. The van der Waals surface area contributed by atoms with Crippen LogP contribution in [-0.2, 0) is 6.54 Å². The van der Waals surface area contributed by atoms with E-state index in [1.165, 1.54) is 4.88 Å². The molecule has 0 atom stereocenters. The molecular weight excluding hydrogens is 196 g/mol. The quantitative estimate of drug-likeness (QED) is 0.774. The van der Waals surface area contributed by atoms with Gasteiger partial charge in [0.1, 0.15) is 0 Å². The normalized spacial score (nSPS) is 20.1. The molecule has 0 amide bonds. The lowest BCUT2D eigenvalue weighted by molar-refractivity contribution is 0.149. The fourth-order valence-electron chi connectivity index (χ4n) is 1.62. The molecule has 2 N–H and O–H groups in total. The van der Waals surface area contributed by atoms with Crippen LogP contribution >= 0.6 is 11.3 Å². The molecule has 0 aliphatic carbocycles. The molecule has 1 aromatic rings. The predicted molar refractivity (Wildman–Crippen MR) is 59.3 cm³/mol. The molecule has 14 heavy (non-hydrogen) atoms. The van der Waals surface area contributed by atoms with E-state index < -0.39 is 0 Å². The van der Waals surface area contributed by atoms with Crippen molar-refractivity contribution in [2.75, 3.05) is 39.0 Å². The second-order valence-corrected chi connectivity index (χ2v) is 4.89. The van der Waals surface area contributed by atoms with Crippen molar-refractivity contribution in [1.29, 1.82) is 0 Å². The molecule has 1 aromatic heterocycles. The number of nitrogen functional groups attached to an aromatic ring is 1. The van der Waals surface area contributed by atoms with Crippen LogP contribution in [0, 0.1) is 0 Å². The first-order valence-electron chi connectivity index (χ1n) is 4.85. The van der Waals surface area contributed by atoms with Gasteiger partial charge in [0, 0.05) is 43.8 Å². The van der Waals surface area contributed by atoms with E-state index in [9.17, 15) is 0 Å². The summed E-state index contributed by atoms with van der Waals surface area (Å²) in [5.74, 6) is 0. The van der Waals surface area contributed by atoms with E-state index in [0.717, 1.165) is 32.7 Å². The summed E-state index contributed by atoms with van der Waals surface area (Å²) in [4.78, 5) is 10.1. The molecule has 5 heteroatoms. The Kier molecular flexibility index (Phi) is 3.00. The van der Waals surface area contributed by atoms with Crippen LogP contribution in [0.1, 0.15) is 4.88 Å². The number of anilines is 1. The first-order valence-corrected chi connectivity index (χ1v) is 5.67. The van der Waals surface area contributed by atoms with E-state index in [0.29, 0.717) is 5.13 Å². The van der Waals surface area contributed by atoms with Gasteiger partial charge in [-0.05, 0) is 7.05 Å². The van der Waals surface area contributed by atoms with E-state index in [4.69, 9.17) is 5.73 Å². The lowest BCUT2D eigenvalue weighted by atomic mass is 10.3. The largest absolute Gasteiger partial charge is 0.375 e. The third kappa shape index (κ3) is 2.43. The van der Waals surface area contributed by atoms with Gasteiger partial charge in [0.2, 0.25) is 0 Å². The second kappa shape index (κ2) is 4.25. The number of aromatic nitrogens is 1. The lowest BCUT2D eigenvalue weighted by Gasteiger charge is -2.31. The third-order valence-electron chi connectivity index (χ3n) is 2.55. The highest BCUT2D eigenvalue weighted by atomic mass is 32.1. The van der Waals surface area contributed by atoms with Crippen molar-refractivity contribution in [3.05, 3.63) is 11.1 Å². The van der Waals surface area contributed by atoms with E-state index in [2.05, 4.69) is 21.8 Å². The van der Waals surface area contributed by atoms with Crippen LogP contribution in [0.15, 0.2) is 6.20 Å². The molecule has 0 unspecified atom stereocenters. The Morgan fingerprint density at radius 3 is 2.71 bits per heavy atom. The van der Waals surface area contributed by atoms with Gasteiger partial charge in [0.15, 0.2) is 5.13 Å². The monoisotopic (exact) mass is 212 g/mol. The van der Waals surface area contributed by atoms with Gasteiger partial charge >= 0.3 is 0 Å². The van der Waals surface area contributed by atoms with Gasteiger partial charge in [-0.1, -0.05) is 0 Å². The van der Waals surface area contributed by atoms with Crippen molar-refractivity contribution >= 4 is 16.5 Å². The Balaban J connectivity index is 1.86. The van der Waals surface area contributed by atoms with Gasteiger partial charge in [0.05, 0.1) is 0 Å². The van der Waals surface area contributed by atoms with E-state index in [1.54, 1.807) is 11.3 Å². The van der Waals surface area contributed by atoms with Crippen LogP contribution in [-0.4, -0.2) is 48.0 Å². The highest BCUT2D eigenvalue weighted by molar-refractivity contribution is 7.15. The SMILES string of the molecule is CN1CCN(Cc2cnc(N)s2)CC1. The van der Waals surface area contributed by atoms with Crippen LogP contribution in [0.5, 0.6) is 0 Å². The maximum absolute atomic E-state index is 5.59. The molecule has 1 aliphatic rings. The topological polar surface area (TPSA) is 45.4 Å². The minimum absolute atomic E-state index is 0.675. The Labute approximate surface area is 88.3 Å². The molecule has 2 heterocycles. The average molecular weight is 212 g/mol. The fraction of sp³-hybridized carbons (Fsp3) is 0.667. The van der Waals surface area contributed by atoms with E-state index in [1.807, 2.05) is 6.20 Å². The summed E-state index contributed by atoms with van der Waals surface area (Å²) in [5, 5.41) is 0.675. The summed E-state index contributed by atoms with van der Waals surface area (Å²) in [7, 11) is 2.17. The number of nitrogens with zero attached hydrogens (tertiary/aromatic N) is 3. The molecule has 0 saturated carbocycles. The zero-order valence-electron chi connectivity index (χ0n) is 8.44. The number of hydrogen-bond acceptors (Lipinski definition) is 5. The molecule has 0 radical (unpaired) electrons. The second-order valence-electron chi connectivity index (χ2n) is 3.74. The maximum Gasteiger partial charge on any atom is 0.180 e. The highest BCUT2D eigenvalue weighted by Gasteiger charge is 2.14. The number of nitrogens with two attached hydrogens (primary N) is 1. The molecule has 78 valence electrons. The van der Waals surface area contributed by atoms with Gasteiger partial charge in [-0.2, -0.15) is 0 Å². The predicted octanol–water partition coefficient (Wildman–Crippen LogP) is 0.473. The van der Waals surface area contributed by atoms with Crippen molar-refractivity contribution in [2.24, 2.45) is 0 Å². The molecule has 0 spiro atoms. The van der Waals surface area contributed by atoms with Gasteiger partial charge in [-0.15, -0.1) is 11.3 Å². The van der Waals surface area contributed by atoms with Crippen LogP contribution < -0.4 is 5.73 Å². The van der Waals surface area contributed by atoms with Gasteiger partial charge in [0.25, 0.3) is 0 Å².